The van der Waals surface area contributed by atoms with Gasteiger partial charge >= 0.3 is 5.97 Å². The standard InChI is InChI=1S/C18H34O5/c19-17(20)15-13-11-9-7-5-3-1-2-4-6-8-10-12-14-16-18(21,22)23/h13,15,21-23H,1-12,14,16H2,(H,19,20). The van der Waals surface area contributed by atoms with Crippen LogP contribution in [0.25, 0.3) is 0 Å². The predicted molar refractivity (Wildman–Crippen MR) is 90.8 cm³/mol. The Morgan fingerprint density at radius 2 is 1.09 bits per heavy atom. The van der Waals surface area contributed by atoms with Crippen molar-refractivity contribution in [2.45, 2.75) is 95.9 Å². The first-order chi connectivity index (χ1) is 10.9. The maximum absolute atomic E-state index is 10.3. The van der Waals surface area contributed by atoms with E-state index in [1.54, 1.807) is 6.08 Å². The smallest absolute Gasteiger partial charge is 0.327 e. The van der Waals surface area contributed by atoms with Crippen molar-refractivity contribution in [3.8, 4) is 0 Å². The fraction of sp³-hybridized carbons (Fsp3) is 0.833. The summed E-state index contributed by atoms with van der Waals surface area (Å²) in [6.45, 7) is 0. The number of carboxylic acid groups (broad SMARTS) is 1. The van der Waals surface area contributed by atoms with E-state index in [-0.39, 0.29) is 6.42 Å². The molecule has 0 aliphatic carbocycles. The van der Waals surface area contributed by atoms with Gasteiger partial charge in [-0.2, -0.15) is 0 Å². The van der Waals surface area contributed by atoms with Crippen LogP contribution in [-0.2, 0) is 4.79 Å². The summed E-state index contributed by atoms with van der Waals surface area (Å²) in [5.41, 5.74) is 0. The molecule has 0 atom stereocenters. The number of rotatable bonds is 16. The molecule has 0 radical (unpaired) electrons. The molecule has 0 rings (SSSR count). The Morgan fingerprint density at radius 3 is 1.48 bits per heavy atom. The average molecular weight is 330 g/mol. The molecule has 0 bridgehead atoms. The Balaban J connectivity index is 3.09. The molecular formula is C18H34O5. The lowest BCUT2D eigenvalue weighted by atomic mass is 10.0. The molecule has 5 nitrogen and oxygen atoms in total. The lowest BCUT2D eigenvalue weighted by molar-refractivity contribution is -0.315. The van der Waals surface area contributed by atoms with Crippen molar-refractivity contribution in [2.75, 3.05) is 0 Å². The summed E-state index contributed by atoms with van der Waals surface area (Å²) in [6.07, 6.45) is 17.4. The van der Waals surface area contributed by atoms with Crippen molar-refractivity contribution in [1.82, 2.24) is 0 Å². The van der Waals surface area contributed by atoms with Crippen LogP contribution in [0, 0.1) is 0 Å². The first kappa shape index (κ1) is 22.1. The van der Waals surface area contributed by atoms with Crippen molar-refractivity contribution in [1.29, 1.82) is 0 Å². The Hall–Kier alpha value is -0.910. The van der Waals surface area contributed by atoms with E-state index < -0.39 is 11.9 Å². The van der Waals surface area contributed by atoms with Gasteiger partial charge < -0.3 is 20.4 Å². The summed E-state index contributed by atoms with van der Waals surface area (Å²) < 4.78 is 0. The molecule has 4 N–H and O–H groups in total. The monoisotopic (exact) mass is 330 g/mol. The number of aliphatic carboxylic acids is 1. The van der Waals surface area contributed by atoms with E-state index in [0.717, 1.165) is 25.7 Å². The van der Waals surface area contributed by atoms with Crippen LogP contribution in [0.4, 0.5) is 0 Å². The minimum Gasteiger partial charge on any atom is -0.478 e. The largest absolute Gasteiger partial charge is 0.478 e. The van der Waals surface area contributed by atoms with Gasteiger partial charge in [0.1, 0.15) is 0 Å². The van der Waals surface area contributed by atoms with Crippen molar-refractivity contribution in [3.05, 3.63) is 12.2 Å². The zero-order chi connectivity index (χ0) is 17.4. The summed E-state index contributed by atoms with van der Waals surface area (Å²) in [6, 6.07) is 0. The molecule has 0 aromatic heterocycles. The highest BCUT2D eigenvalue weighted by molar-refractivity contribution is 5.79. The molecule has 0 heterocycles. The van der Waals surface area contributed by atoms with Gasteiger partial charge in [-0.15, -0.1) is 0 Å². The summed E-state index contributed by atoms with van der Waals surface area (Å²) in [7, 11) is 0. The second-order valence-electron chi connectivity index (χ2n) is 6.30. The van der Waals surface area contributed by atoms with E-state index >= 15 is 0 Å². The minimum absolute atomic E-state index is 0.0269. The van der Waals surface area contributed by atoms with Gasteiger partial charge in [-0.1, -0.05) is 70.3 Å². The molecule has 0 spiro atoms. The summed E-state index contributed by atoms with van der Waals surface area (Å²) in [4.78, 5) is 10.3. The second kappa shape index (κ2) is 14.7. The van der Waals surface area contributed by atoms with Crippen molar-refractivity contribution in [2.24, 2.45) is 0 Å². The van der Waals surface area contributed by atoms with Crippen LogP contribution in [-0.4, -0.2) is 32.4 Å². The van der Waals surface area contributed by atoms with Gasteiger partial charge in [0.15, 0.2) is 0 Å². The van der Waals surface area contributed by atoms with E-state index in [2.05, 4.69) is 0 Å². The SMILES string of the molecule is O=C(O)C=CCCCCCCCCCCCCCCC(O)(O)O. The third-order valence-electron chi connectivity index (χ3n) is 3.89. The third-order valence-corrected chi connectivity index (χ3v) is 3.89. The Morgan fingerprint density at radius 1 is 0.696 bits per heavy atom. The third kappa shape index (κ3) is 21.1. The zero-order valence-corrected chi connectivity index (χ0v) is 14.3. The van der Waals surface area contributed by atoms with E-state index in [0.29, 0.717) is 6.42 Å². The number of aliphatic hydroxyl groups is 3. The van der Waals surface area contributed by atoms with Gasteiger partial charge in [-0.25, -0.2) is 4.79 Å². The maximum atomic E-state index is 10.3. The fourth-order valence-electron chi connectivity index (χ4n) is 2.58. The summed E-state index contributed by atoms with van der Waals surface area (Å²) in [5, 5.41) is 34.6. The highest BCUT2D eigenvalue weighted by atomic mass is 16.7. The number of carboxylic acids is 1. The molecule has 0 saturated heterocycles. The molecule has 0 amide bonds. The Kier molecular flexibility index (Phi) is 14.1. The molecule has 136 valence electrons. The Labute approximate surface area is 140 Å². The van der Waals surface area contributed by atoms with Crippen molar-refractivity contribution in [3.63, 3.8) is 0 Å². The normalized spacial score (nSPS) is 12.1. The molecule has 0 aromatic carbocycles. The van der Waals surface area contributed by atoms with E-state index in [4.69, 9.17) is 20.4 Å². The number of unbranched alkanes of at least 4 members (excludes halogenated alkanes) is 12. The highest BCUT2D eigenvalue weighted by Crippen LogP contribution is 2.14. The molecule has 0 aliphatic rings. The molecule has 0 saturated carbocycles. The van der Waals surface area contributed by atoms with E-state index in [1.165, 1.54) is 57.4 Å². The summed E-state index contributed by atoms with van der Waals surface area (Å²) >= 11 is 0. The number of carbonyl (C=O) groups is 1. The molecule has 0 unspecified atom stereocenters. The lowest BCUT2D eigenvalue weighted by Gasteiger charge is -2.12. The van der Waals surface area contributed by atoms with Crippen LogP contribution in [0.5, 0.6) is 0 Å². The summed E-state index contributed by atoms with van der Waals surface area (Å²) in [5.74, 6) is -3.36. The van der Waals surface area contributed by atoms with Gasteiger partial charge in [-0.05, 0) is 19.3 Å². The number of hydrogen-bond donors (Lipinski definition) is 4. The average Bonchev–Trinajstić information content (AvgIpc) is 2.45. The van der Waals surface area contributed by atoms with Crippen LogP contribution in [0.2, 0.25) is 0 Å². The molecule has 0 fully saturated rings. The van der Waals surface area contributed by atoms with Gasteiger partial charge in [0.2, 0.25) is 0 Å². The fourth-order valence-corrected chi connectivity index (χ4v) is 2.58. The van der Waals surface area contributed by atoms with Gasteiger partial charge in [0, 0.05) is 12.5 Å². The van der Waals surface area contributed by atoms with Crippen LogP contribution in [0.1, 0.15) is 89.9 Å². The van der Waals surface area contributed by atoms with E-state index in [1.807, 2.05) is 0 Å². The maximum Gasteiger partial charge on any atom is 0.327 e. The second-order valence-corrected chi connectivity index (χ2v) is 6.30. The minimum atomic E-state index is -2.49. The molecule has 5 heteroatoms. The van der Waals surface area contributed by atoms with Crippen LogP contribution in [0.3, 0.4) is 0 Å². The first-order valence-electron chi connectivity index (χ1n) is 8.98. The van der Waals surface area contributed by atoms with Crippen molar-refractivity contribution >= 4 is 5.97 Å². The zero-order valence-electron chi connectivity index (χ0n) is 14.3. The number of hydrogen-bond acceptors (Lipinski definition) is 4. The quantitative estimate of drug-likeness (QED) is 0.196. The first-order valence-corrected chi connectivity index (χ1v) is 8.98. The molecular weight excluding hydrogens is 296 g/mol. The van der Waals surface area contributed by atoms with Gasteiger partial charge in [0.05, 0.1) is 0 Å². The molecule has 0 aromatic rings. The highest BCUT2D eigenvalue weighted by Gasteiger charge is 2.16. The van der Waals surface area contributed by atoms with Gasteiger partial charge in [-0.3, -0.25) is 0 Å². The Bertz CT molecular complexity index is 307. The van der Waals surface area contributed by atoms with Crippen molar-refractivity contribution < 1.29 is 25.2 Å². The van der Waals surface area contributed by atoms with Crippen LogP contribution in [0.15, 0.2) is 12.2 Å². The van der Waals surface area contributed by atoms with Crippen LogP contribution < -0.4 is 0 Å². The van der Waals surface area contributed by atoms with Crippen LogP contribution >= 0.6 is 0 Å². The van der Waals surface area contributed by atoms with E-state index in [9.17, 15) is 4.79 Å². The van der Waals surface area contributed by atoms with Gasteiger partial charge in [0.25, 0.3) is 5.97 Å². The number of allylic oxidation sites excluding steroid dienone is 1. The lowest BCUT2D eigenvalue weighted by Crippen LogP contribution is -2.26. The molecule has 0 aliphatic heterocycles. The predicted octanol–water partition coefficient (Wildman–Crippen LogP) is 3.72. The topological polar surface area (TPSA) is 98.0 Å². The molecule has 23 heavy (non-hydrogen) atoms.